The summed E-state index contributed by atoms with van der Waals surface area (Å²) in [6.07, 6.45) is 2.50. The summed E-state index contributed by atoms with van der Waals surface area (Å²) in [6, 6.07) is 6.00. The quantitative estimate of drug-likeness (QED) is 0.647. The Bertz CT molecular complexity index is 591. The Morgan fingerprint density at radius 3 is 2.94 bits per heavy atom. The second-order valence-electron chi connectivity index (χ2n) is 5.00. The molecule has 2 N–H and O–H groups in total. The molecule has 0 spiro atoms. The van der Waals surface area contributed by atoms with Gasteiger partial charge in [-0.15, -0.1) is 0 Å². The Labute approximate surface area is 101 Å². The minimum atomic E-state index is 0.626. The summed E-state index contributed by atoms with van der Waals surface area (Å²) in [4.78, 5) is 4.72. The van der Waals surface area contributed by atoms with E-state index >= 15 is 0 Å². The number of aromatic nitrogens is 2. The van der Waals surface area contributed by atoms with Gasteiger partial charge in [0.1, 0.15) is 11.3 Å². The van der Waals surface area contributed by atoms with Crippen molar-refractivity contribution < 1.29 is 0 Å². The lowest BCUT2D eigenvalue weighted by atomic mass is 10.2. The van der Waals surface area contributed by atoms with Crippen LogP contribution in [0.1, 0.15) is 31.5 Å². The van der Waals surface area contributed by atoms with Gasteiger partial charge in [0.2, 0.25) is 0 Å². The third-order valence-electron chi connectivity index (χ3n) is 3.21. The molecule has 0 bridgehead atoms. The van der Waals surface area contributed by atoms with Crippen LogP contribution in [0.15, 0.2) is 30.4 Å². The molecule has 88 valence electrons. The van der Waals surface area contributed by atoms with Crippen molar-refractivity contribution in [3.8, 4) is 0 Å². The molecule has 1 aromatic heterocycles. The molecular formula is C14H17N3. The fraction of sp³-hybridized carbons (Fsp3) is 0.357. The third kappa shape index (κ3) is 1.71. The van der Waals surface area contributed by atoms with Crippen LogP contribution in [-0.2, 0) is 6.54 Å². The molecule has 1 aliphatic rings. The first-order valence-corrected chi connectivity index (χ1v) is 6.06. The van der Waals surface area contributed by atoms with Crippen LogP contribution in [0.2, 0.25) is 0 Å². The topological polar surface area (TPSA) is 43.8 Å². The number of nitrogens with zero attached hydrogens (tertiary/aromatic N) is 2. The molecule has 0 saturated heterocycles. The van der Waals surface area contributed by atoms with E-state index in [1.54, 1.807) is 0 Å². The Morgan fingerprint density at radius 2 is 2.29 bits per heavy atom. The molecule has 0 radical (unpaired) electrons. The first-order valence-electron chi connectivity index (χ1n) is 6.06. The molecule has 17 heavy (non-hydrogen) atoms. The Kier molecular flexibility index (Phi) is 2.21. The Hall–Kier alpha value is -1.77. The SMILES string of the molecule is C=C(C)Cn1c(C2CC2)nc2c(N)cccc21. The number of allylic oxidation sites excluding steroid dienone is 1. The van der Waals surface area contributed by atoms with Crippen molar-refractivity contribution in [2.75, 3.05) is 5.73 Å². The average Bonchev–Trinajstić information content (AvgIpc) is 3.04. The Morgan fingerprint density at radius 1 is 1.53 bits per heavy atom. The normalized spacial score (nSPS) is 15.4. The number of hydrogen-bond donors (Lipinski definition) is 1. The summed E-state index contributed by atoms with van der Waals surface area (Å²) < 4.78 is 2.27. The van der Waals surface area contributed by atoms with E-state index in [0.29, 0.717) is 5.92 Å². The van der Waals surface area contributed by atoms with Crippen molar-refractivity contribution in [1.82, 2.24) is 9.55 Å². The molecule has 2 aromatic rings. The van der Waals surface area contributed by atoms with Gasteiger partial charge >= 0.3 is 0 Å². The number of para-hydroxylation sites is 1. The zero-order valence-electron chi connectivity index (χ0n) is 10.1. The van der Waals surface area contributed by atoms with Gasteiger partial charge in [-0.3, -0.25) is 0 Å². The highest BCUT2D eigenvalue weighted by molar-refractivity contribution is 5.87. The lowest BCUT2D eigenvalue weighted by molar-refractivity contribution is 0.738. The van der Waals surface area contributed by atoms with Gasteiger partial charge in [-0.1, -0.05) is 18.2 Å². The Balaban J connectivity index is 2.23. The predicted octanol–water partition coefficient (Wildman–Crippen LogP) is 3.07. The molecule has 1 fully saturated rings. The van der Waals surface area contributed by atoms with Gasteiger partial charge in [0.25, 0.3) is 0 Å². The average molecular weight is 227 g/mol. The fourth-order valence-electron chi connectivity index (χ4n) is 2.28. The van der Waals surface area contributed by atoms with Crippen LogP contribution in [0.25, 0.3) is 11.0 Å². The second-order valence-corrected chi connectivity index (χ2v) is 5.00. The molecule has 3 rings (SSSR count). The van der Waals surface area contributed by atoms with Crippen LogP contribution in [0.5, 0.6) is 0 Å². The van der Waals surface area contributed by atoms with E-state index < -0.39 is 0 Å². The molecule has 3 nitrogen and oxygen atoms in total. The number of anilines is 1. The minimum Gasteiger partial charge on any atom is -0.397 e. The van der Waals surface area contributed by atoms with Gasteiger partial charge in [-0.05, 0) is 31.9 Å². The van der Waals surface area contributed by atoms with E-state index in [9.17, 15) is 0 Å². The van der Waals surface area contributed by atoms with Gasteiger partial charge in [0.05, 0.1) is 11.2 Å². The molecule has 0 unspecified atom stereocenters. The molecule has 1 aliphatic carbocycles. The second kappa shape index (κ2) is 3.62. The maximum absolute atomic E-state index is 5.99. The summed E-state index contributed by atoms with van der Waals surface area (Å²) >= 11 is 0. The van der Waals surface area contributed by atoms with E-state index in [4.69, 9.17) is 10.7 Å². The highest BCUT2D eigenvalue weighted by atomic mass is 15.1. The number of hydrogen-bond acceptors (Lipinski definition) is 2. The van der Waals surface area contributed by atoms with Crippen LogP contribution >= 0.6 is 0 Å². The number of nitrogens with two attached hydrogens (primary N) is 1. The molecule has 1 aromatic carbocycles. The molecule has 1 heterocycles. The van der Waals surface area contributed by atoms with Crippen LogP contribution in [0, 0.1) is 0 Å². The van der Waals surface area contributed by atoms with Crippen molar-refractivity contribution in [2.45, 2.75) is 32.2 Å². The fourth-order valence-corrected chi connectivity index (χ4v) is 2.28. The van der Waals surface area contributed by atoms with Crippen LogP contribution in [0.4, 0.5) is 5.69 Å². The molecule has 3 heteroatoms. The predicted molar refractivity (Wildman–Crippen MR) is 70.9 cm³/mol. The summed E-state index contributed by atoms with van der Waals surface area (Å²) in [7, 11) is 0. The van der Waals surface area contributed by atoms with E-state index in [1.165, 1.54) is 18.7 Å². The van der Waals surface area contributed by atoms with Crippen molar-refractivity contribution in [1.29, 1.82) is 0 Å². The number of benzene rings is 1. The summed E-state index contributed by atoms with van der Waals surface area (Å²) in [6.45, 7) is 6.89. The van der Waals surface area contributed by atoms with E-state index in [2.05, 4.69) is 24.1 Å². The number of rotatable bonds is 3. The summed E-state index contributed by atoms with van der Waals surface area (Å²) in [5.74, 6) is 1.81. The van der Waals surface area contributed by atoms with Crippen LogP contribution in [0.3, 0.4) is 0 Å². The molecule has 1 saturated carbocycles. The van der Waals surface area contributed by atoms with Crippen molar-refractivity contribution >= 4 is 16.7 Å². The molecule has 0 amide bonds. The van der Waals surface area contributed by atoms with Gasteiger partial charge in [0.15, 0.2) is 0 Å². The van der Waals surface area contributed by atoms with E-state index in [-0.39, 0.29) is 0 Å². The monoisotopic (exact) mass is 227 g/mol. The first kappa shape index (κ1) is 10.4. The maximum atomic E-state index is 5.99. The van der Waals surface area contributed by atoms with Crippen LogP contribution < -0.4 is 5.73 Å². The van der Waals surface area contributed by atoms with Gasteiger partial charge in [-0.25, -0.2) is 4.98 Å². The molecular weight excluding hydrogens is 210 g/mol. The molecule has 0 aliphatic heterocycles. The van der Waals surface area contributed by atoms with Gasteiger partial charge in [0, 0.05) is 12.5 Å². The van der Waals surface area contributed by atoms with Gasteiger partial charge < -0.3 is 10.3 Å². The van der Waals surface area contributed by atoms with Crippen molar-refractivity contribution in [2.24, 2.45) is 0 Å². The lowest BCUT2D eigenvalue weighted by Crippen LogP contribution is -2.03. The zero-order chi connectivity index (χ0) is 12.0. The number of nitrogen functional groups attached to an aromatic ring is 1. The smallest absolute Gasteiger partial charge is 0.113 e. The highest BCUT2D eigenvalue weighted by Gasteiger charge is 2.29. The van der Waals surface area contributed by atoms with Crippen molar-refractivity contribution in [3.63, 3.8) is 0 Å². The highest BCUT2D eigenvalue weighted by Crippen LogP contribution is 2.41. The van der Waals surface area contributed by atoms with E-state index in [0.717, 1.165) is 28.8 Å². The standard InChI is InChI=1S/C14H17N3/c1-9(2)8-17-12-5-3-4-11(15)13(12)16-14(17)10-6-7-10/h3-5,10H,1,6-8,15H2,2H3. The minimum absolute atomic E-state index is 0.626. The van der Waals surface area contributed by atoms with Crippen LogP contribution in [-0.4, -0.2) is 9.55 Å². The number of fused-ring (bicyclic) bond motifs is 1. The van der Waals surface area contributed by atoms with Crippen molar-refractivity contribution in [3.05, 3.63) is 36.2 Å². The summed E-state index contributed by atoms with van der Waals surface area (Å²) in [5.41, 5.74) is 9.98. The zero-order valence-corrected chi connectivity index (χ0v) is 10.1. The van der Waals surface area contributed by atoms with Gasteiger partial charge in [-0.2, -0.15) is 0 Å². The van der Waals surface area contributed by atoms with E-state index in [1.807, 2.05) is 12.1 Å². The largest absolute Gasteiger partial charge is 0.397 e. The first-order chi connectivity index (χ1) is 8.16. The number of imidazole rings is 1. The third-order valence-corrected chi connectivity index (χ3v) is 3.21. The molecule has 0 atom stereocenters. The maximum Gasteiger partial charge on any atom is 0.113 e. The summed E-state index contributed by atoms with van der Waals surface area (Å²) in [5, 5.41) is 0. The lowest BCUT2D eigenvalue weighted by Gasteiger charge is -2.08.